The molecule has 1 aromatic carbocycles. The number of halogens is 1. The van der Waals surface area contributed by atoms with Crippen molar-refractivity contribution in [3.63, 3.8) is 0 Å². The fourth-order valence-corrected chi connectivity index (χ4v) is 3.32. The number of hydrogen-bond donors (Lipinski definition) is 1. The van der Waals surface area contributed by atoms with Crippen molar-refractivity contribution in [3.05, 3.63) is 22.7 Å². The maximum atomic E-state index is 11.2. The molecule has 0 aromatic heterocycles. The average molecular weight is 312 g/mol. The Balaban J connectivity index is 1.74. The summed E-state index contributed by atoms with van der Waals surface area (Å²) in [7, 11) is 0. The van der Waals surface area contributed by atoms with Crippen LogP contribution in [0.15, 0.2) is 12.1 Å². The zero-order valence-corrected chi connectivity index (χ0v) is 12.6. The van der Waals surface area contributed by atoms with E-state index in [1.165, 1.54) is 0 Å². The lowest BCUT2D eigenvalue weighted by atomic mass is 9.99. The molecule has 0 bridgehead atoms. The van der Waals surface area contributed by atoms with Gasteiger partial charge in [-0.1, -0.05) is 18.5 Å². The van der Waals surface area contributed by atoms with Crippen LogP contribution in [-0.2, 0) is 11.3 Å². The highest BCUT2D eigenvalue weighted by atomic mass is 35.5. The SMILES string of the molecule is C[C@@H]1CN(Cc2cc(Cl)c3c(c2)OCCO3)C[C@H]1C(=O)O. The summed E-state index contributed by atoms with van der Waals surface area (Å²) in [4.78, 5) is 13.3. The summed E-state index contributed by atoms with van der Waals surface area (Å²) < 4.78 is 11.1. The Morgan fingerprint density at radius 2 is 2.14 bits per heavy atom. The summed E-state index contributed by atoms with van der Waals surface area (Å²) in [5.41, 5.74) is 1.02. The molecular weight excluding hydrogens is 294 g/mol. The van der Waals surface area contributed by atoms with E-state index in [2.05, 4.69) is 4.90 Å². The second-order valence-corrected chi connectivity index (χ2v) is 6.13. The third kappa shape index (κ3) is 2.94. The third-order valence-corrected chi connectivity index (χ3v) is 4.35. The molecule has 1 aromatic rings. The summed E-state index contributed by atoms with van der Waals surface area (Å²) in [5, 5.41) is 9.73. The minimum atomic E-state index is -0.717. The molecule has 0 amide bonds. The molecule has 0 aliphatic carbocycles. The molecule has 1 N–H and O–H groups in total. The molecule has 2 aliphatic heterocycles. The standard InChI is InChI=1S/C15H18ClNO4/c1-9-6-17(8-11(9)15(18)19)7-10-4-12(16)14-13(5-10)20-2-3-21-14/h4-5,9,11H,2-3,6-8H2,1H3,(H,18,19)/t9-,11-/m1/s1. The molecule has 3 rings (SSSR count). The van der Waals surface area contributed by atoms with Crippen molar-refractivity contribution < 1.29 is 19.4 Å². The van der Waals surface area contributed by atoms with E-state index in [0.29, 0.717) is 42.8 Å². The Morgan fingerprint density at radius 3 is 2.86 bits per heavy atom. The van der Waals surface area contributed by atoms with Gasteiger partial charge in [-0.15, -0.1) is 0 Å². The van der Waals surface area contributed by atoms with E-state index in [4.69, 9.17) is 21.1 Å². The molecule has 5 nitrogen and oxygen atoms in total. The van der Waals surface area contributed by atoms with Crippen LogP contribution >= 0.6 is 11.6 Å². The van der Waals surface area contributed by atoms with Crippen LogP contribution in [0.25, 0.3) is 0 Å². The smallest absolute Gasteiger partial charge is 0.308 e. The highest BCUT2D eigenvalue weighted by Crippen LogP contribution is 2.39. The van der Waals surface area contributed by atoms with Gasteiger partial charge in [0, 0.05) is 19.6 Å². The molecule has 114 valence electrons. The van der Waals surface area contributed by atoms with Gasteiger partial charge in [0.05, 0.1) is 10.9 Å². The quantitative estimate of drug-likeness (QED) is 0.928. The fourth-order valence-electron chi connectivity index (χ4n) is 3.03. The predicted octanol–water partition coefficient (Wildman–Crippen LogP) is 2.26. The van der Waals surface area contributed by atoms with Crippen molar-refractivity contribution in [1.29, 1.82) is 0 Å². The van der Waals surface area contributed by atoms with Gasteiger partial charge >= 0.3 is 5.97 Å². The van der Waals surface area contributed by atoms with E-state index in [9.17, 15) is 9.90 Å². The van der Waals surface area contributed by atoms with Crippen molar-refractivity contribution >= 4 is 17.6 Å². The minimum Gasteiger partial charge on any atom is -0.486 e. The van der Waals surface area contributed by atoms with Gasteiger partial charge in [-0.25, -0.2) is 0 Å². The van der Waals surface area contributed by atoms with Crippen LogP contribution in [0.5, 0.6) is 11.5 Å². The maximum absolute atomic E-state index is 11.2. The Labute approximate surface area is 128 Å². The maximum Gasteiger partial charge on any atom is 0.308 e. The molecule has 21 heavy (non-hydrogen) atoms. The number of carboxylic acid groups (broad SMARTS) is 1. The largest absolute Gasteiger partial charge is 0.486 e. The lowest BCUT2D eigenvalue weighted by Gasteiger charge is -2.22. The number of benzene rings is 1. The number of fused-ring (bicyclic) bond motifs is 1. The van der Waals surface area contributed by atoms with Crippen LogP contribution in [0.4, 0.5) is 0 Å². The Bertz CT molecular complexity index is 563. The first kappa shape index (κ1) is 14.5. The molecule has 6 heteroatoms. The van der Waals surface area contributed by atoms with E-state index in [1.807, 2.05) is 19.1 Å². The highest BCUT2D eigenvalue weighted by molar-refractivity contribution is 6.32. The first-order chi connectivity index (χ1) is 10.0. The number of nitrogens with zero attached hydrogens (tertiary/aromatic N) is 1. The molecule has 1 saturated heterocycles. The molecule has 0 saturated carbocycles. The Morgan fingerprint density at radius 1 is 1.38 bits per heavy atom. The number of ether oxygens (including phenoxy) is 2. The highest BCUT2D eigenvalue weighted by Gasteiger charge is 2.34. The monoisotopic (exact) mass is 311 g/mol. The van der Waals surface area contributed by atoms with Gasteiger partial charge in [0.1, 0.15) is 13.2 Å². The fraction of sp³-hybridized carbons (Fsp3) is 0.533. The summed E-state index contributed by atoms with van der Waals surface area (Å²) in [6.45, 7) is 5.04. The zero-order valence-electron chi connectivity index (χ0n) is 11.8. The van der Waals surface area contributed by atoms with Crippen LogP contribution in [0.1, 0.15) is 12.5 Å². The number of aliphatic carboxylic acids is 1. The normalized spacial score (nSPS) is 25.0. The van der Waals surface area contributed by atoms with E-state index >= 15 is 0 Å². The summed E-state index contributed by atoms with van der Waals surface area (Å²) in [6.07, 6.45) is 0. The molecule has 2 heterocycles. The third-order valence-electron chi connectivity index (χ3n) is 4.07. The van der Waals surface area contributed by atoms with E-state index < -0.39 is 5.97 Å². The minimum absolute atomic E-state index is 0.162. The van der Waals surface area contributed by atoms with E-state index in [-0.39, 0.29) is 11.8 Å². The van der Waals surface area contributed by atoms with Crippen molar-refractivity contribution in [2.24, 2.45) is 11.8 Å². The van der Waals surface area contributed by atoms with Crippen molar-refractivity contribution in [2.45, 2.75) is 13.5 Å². The first-order valence-corrected chi connectivity index (χ1v) is 7.45. The van der Waals surface area contributed by atoms with E-state index in [1.54, 1.807) is 0 Å². The number of carboxylic acids is 1. The summed E-state index contributed by atoms with van der Waals surface area (Å²) in [5.74, 6) is 0.425. The molecule has 1 fully saturated rings. The van der Waals surface area contributed by atoms with Gasteiger partial charge in [0.15, 0.2) is 11.5 Å². The molecule has 2 aliphatic rings. The van der Waals surface area contributed by atoms with Crippen LogP contribution in [0.3, 0.4) is 0 Å². The molecular formula is C15H18ClNO4. The lowest BCUT2D eigenvalue weighted by molar-refractivity contribution is -0.142. The second kappa shape index (κ2) is 5.73. The molecule has 0 radical (unpaired) electrons. The van der Waals surface area contributed by atoms with Crippen molar-refractivity contribution in [1.82, 2.24) is 4.90 Å². The van der Waals surface area contributed by atoms with Gasteiger partial charge in [-0.3, -0.25) is 9.69 Å². The lowest BCUT2D eigenvalue weighted by Crippen LogP contribution is -2.23. The van der Waals surface area contributed by atoms with Gasteiger partial charge in [-0.05, 0) is 23.6 Å². The van der Waals surface area contributed by atoms with Crippen molar-refractivity contribution in [3.8, 4) is 11.5 Å². The Hall–Kier alpha value is -1.46. The topological polar surface area (TPSA) is 59.0 Å². The van der Waals surface area contributed by atoms with E-state index in [0.717, 1.165) is 12.1 Å². The van der Waals surface area contributed by atoms with Crippen LogP contribution < -0.4 is 9.47 Å². The zero-order chi connectivity index (χ0) is 15.0. The molecule has 2 atom stereocenters. The predicted molar refractivity (Wildman–Crippen MR) is 78.0 cm³/mol. The summed E-state index contributed by atoms with van der Waals surface area (Å²) >= 11 is 6.22. The van der Waals surface area contributed by atoms with Crippen LogP contribution in [0.2, 0.25) is 5.02 Å². The number of hydrogen-bond acceptors (Lipinski definition) is 4. The average Bonchev–Trinajstić information content (AvgIpc) is 2.80. The Kier molecular flexibility index (Phi) is 3.95. The second-order valence-electron chi connectivity index (χ2n) is 5.72. The first-order valence-electron chi connectivity index (χ1n) is 7.08. The van der Waals surface area contributed by atoms with Gasteiger partial charge in [0.25, 0.3) is 0 Å². The van der Waals surface area contributed by atoms with Gasteiger partial charge in [-0.2, -0.15) is 0 Å². The molecule has 0 unspecified atom stereocenters. The van der Waals surface area contributed by atoms with Crippen molar-refractivity contribution in [2.75, 3.05) is 26.3 Å². The summed E-state index contributed by atoms with van der Waals surface area (Å²) in [6, 6.07) is 3.80. The van der Waals surface area contributed by atoms with Gasteiger partial charge < -0.3 is 14.6 Å². The number of carbonyl (C=O) groups is 1. The molecule has 0 spiro atoms. The number of rotatable bonds is 3. The van der Waals surface area contributed by atoms with Crippen LogP contribution in [-0.4, -0.2) is 42.3 Å². The van der Waals surface area contributed by atoms with Crippen LogP contribution in [0, 0.1) is 11.8 Å². The van der Waals surface area contributed by atoms with Gasteiger partial charge in [0.2, 0.25) is 0 Å². The number of likely N-dealkylation sites (tertiary alicyclic amines) is 1.